The van der Waals surface area contributed by atoms with Gasteiger partial charge in [0.05, 0.1) is 0 Å². The molecule has 0 aromatic carbocycles. The van der Waals surface area contributed by atoms with Crippen LogP contribution in [0, 0.1) is 6.92 Å². The molecule has 0 bridgehead atoms. The summed E-state index contributed by atoms with van der Waals surface area (Å²) in [5, 5.41) is 5.89. The molecule has 0 radical (unpaired) electrons. The van der Waals surface area contributed by atoms with E-state index in [1.165, 1.54) is 6.92 Å². The smallest absolute Gasteiger partial charge is 0.351 e. The Kier molecular flexibility index (Phi) is 3.80. The van der Waals surface area contributed by atoms with Crippen LogP contribution in [-0.4, -0.2) is 33.2 Å². The molecular formula is C12H11F5N4O. The first-order valence-electron chi connectivity index (χ1n) is 6.18. The van der Waals surface area contributed by atoms with E-state index in [1.807, 2.05) is 0 Å². The van der Waals surface area contributed by atoms with Crippen molar-refractivity contribution in [3.63, 3.8) is 0 Å². The lowest BCUT2D eigenvalue weighted by molar-refractivity contribution is -0.291. The van der Waals surface area contributed by atoms with E-state index in [0.29, 0.717) is 10.6 Å². The maximum absolute atomic E-state index is 13.6. The lowest BCUT2D eigenvalue weighted by atomic mass is 10.2. The minimum Gasteiger partial charge on any atom is -0.351 e. The van der Waals surface area contributed by atoms with Crippen LogP contribution in [0.1, 0.15) is 28.8 Å². The van der Waals surface area contributed by atoms with Crippen LogP contribution in [-0.2, 0) is 5.92 Å². The molecule has 2 heterocycles. The number of carbonyl (C=O) groups is 1. The number of carbonyl (C=O) groups excluding carboxylic acids is 1. The third kappa shape index (κ3) is 2.60. The average molecular weight is 322 g/mol. The van der Waals surface area contributed by atoms with Crippen LogP contribution in [0.15, 0.2) is 12.1 Å². The number of alkyl halides is 5. The van der Waals surface area contributed by atoms with Crippen molar-refractivity contribution >= 4 is 11.6 Å². The zero-order chi connectivity index (χ0) is 16.7. The van der Waals surface area contributed by atoms with E-state index in [4.69, 9.17) is 0 Å². The minimum atomic E-state index is -5.79. The van der Waals surface area contributed by atoms with Crippen LogP contribution in [0.4, 0.5) is 22.0 Å². The van der Waals surface area contributed by atoms with Gasteiger partial charge in [-0.05, 0) is 19.9 Å². The first kappa shape index (κ1) is 16.1. The molecule has 0 aliphatic carbocycles. The van der Waals surface area contributed by atoms with Crippen molar-refractivity contribution in [1.82, 2.24) is 19.9 Å². The number of hydrogen-bond acceptors (Lipinski definition) is 3. The van der Waals surface area contributed by atoms with Crippen molar-refractivity contribution in [2.75, 3.05) is 6.54 Å². The summed E-state index contributed by atoms with van der Waals surface area (Å²) in [7, 11) is 0. The molecule has 2 aromatic heterocycles. The standard InChI is InChI=1S/C12H11F5N4O/c1-3-18-10(22)7-5-9-19-6(2)4-8(21(9)20-7)11(13,14)12(15,16)17/h4-5H,3H2,1-2H3,(H,18,22). The van der Waals surface area contributed by atoms with Crippen LogP contribution in [0.2, 0.25) is 0 Å². The quantitative estimate of drug-likeness (QED) is 0.883. The molecule has 5 nitrogen and oxygen atoms in total. The number of fused-ring (bicyclic) bond motifs is 1. The van der Waals surface area contributed by atoms with Crippen molar-refractivity contribution in [2.24, 2.45) is 0 Å². The summed E-state index contributed by atoms with van der Waals surface area (Å²) in [6, 6.07) is 1.64. The highest BCUT2D eigenvalue weighted by atomic mass is 19.4. The van der Waals surface area contributed by atoms with Gasteiger partial charge in [-0.15, -0.1) is 0 Å². The average Bonchev–Trinajstić information content (AvgIpc) is 2.80. The fourth-order valence-electron chi connectivity index (χ4n) is 1.83. The van der Waals surface area contributed by atoms with Gasteiger partial charge in [0.25, 0.3) is 5.91 Å². The Balaban J connectivity index is 2.67. The third-order valence-electron chi connectivity index (χ3n) is 2.80. The molecule has 22 heavy (non-hydrogen) atoms. The van der Waals surface area contributed by atoms with Crippen molar-refractivity contribution in [2.45, 2.75) is 25.9 Å². The lowest BCUT2D eigenvalue weighted by Gasteiger charge is -2.20. The highest BCUT2D eigenvalue weighted by Crippen LogP contribution is 2.43. The van der Waals surface area contributed by atoms with Crippen molar-refractivity contribution in [3.8, 4) is 0 Å². The number of hydrogen-bond donors (Lipinski definition) is 1. The van der Waals surface area contributed by atoms with Crippen molar-refractivity contribution in [3.05, 3.63) is 29.2 Å². The molecule has 10 heteroatoms. The van der Waals surface area contributed by atoms with Crippen molar-refractivity contribution < 1.29 is 26.7 Å². The molecule has 2 rings (SSSR count). The Labute approximate surface area is 121 Å². The maximum Gasteiger partial charge on any atom is 0.459 e. The second-order valence-corrected chi connectivity index (χ2v) is 4.51. The number of aryl methyl sites for hydroxylation is 1. The molecule has 0 aliphatic heterocycles. The molecule has 1 amide bonds. The molecule has 0 aliphatic rings. The van der Waals surface area contributed by atoms with E-state index >= 15 is 0 Å². The highest BCUT2D eigenvalue weighted by molar-refractivity contribution is 5.93. The summed E-state index contributed by atoms with van der Waals surface area (Å²) >= 11 is 0. The fourth-order valence-corrected chi connectivity index (χ4v) is 1.83. The van der Waals surface area contributed by atoms with Gasteiger partial charge in [-0.25, -0.2) is 9.50 Å². The van der Waals surface area contributed by atoms with E-state index in [-0.39, 0.29) is 23.6 Å². The fraction of sp³-hybridized carbons (Fsp3) is 0.417. The van der Waals surface area contributed by atoms with Gasteiger partial charge in [0.1, 0.15) is 5.69 Å². The first-order chi connectivity index (χ1) is 10.1. The Morgan fingerprint density at radius 1 is 1.27 bits per heavy atom. The first-order valence-corrected chi connectivity index (χ1v) is 6.18. The SMILES string of the molecule is CCNC(=O)c1cc2nc(C)cc(C(F)(F)C(F)(F)F)n2n1. The Bertz CT molecular complexity index is 722. The second-order valence-electron chi connectivity index (χ2n) is 4.51. The van der Waals surface area contributed by atoms with E-state index < -0.39 is 23.7 Å². The topological polar surface area (TPSA) is 59.3 Å². The largest absolute Gasteiger partial charge is 0.459 e. The monoisotopic (exact) mass is 322 g/mol. The maximum atomic E-state index is 13.6. The molecule has 2 aromatic rings. The number of nitrogens with one attached hydrogen (secondary N) is 1. The molecular weight excluding hydrogens is 311 g/mol. The van der Waals surface area contributed by atoms with Gasteiger partial charge in [-0.2, -0.15) is 27.1 Å². The van der Waals surface area contributed by atoms with Gasteiger partial charge in [-0.3, -0.25) is 4.79 Å². The van der Waals surface area contributed by atoms with Gasteiger partial charge >= 0.3 is 12.1 Å². The van der Waals surface area contributed by atoms with E-state index in [2.05, 4.69) is 15.4 Å². The van der Waals surface area contributed by atoms with Crippen LogP contribution in [0.5, 0.6) is 0 Å². The minimum absolute atomic E-state index is 0.0474. The van der Waals surface area contributed by atoms with Crippen LogP contribution in [0.3, 0.4) is 0 Å². The Hall–Kier alpha value is -2.26. The summed E-state index contributed by atoms with van der Waals surface area (Å²) in [4.78, 5) is 15.4. The van der Waals surface area contributed by atoms with Gasteiger partial charge in [0, 0.05) is 18.3 Å². The van der Waals surface area contributed by atoms with Crippen LogP contribution >= 0.6 is 0 Å². The Morgan fingerprint density at radius 2 is 1.91 bits per heavy atom. The zero-order valence-corrected chi connectivity index (χ0v) is 11.5. The van der Waals surface area contributed by atoms with Crippen molar-refractivity contribution in [1.29, 1.82) is 0 Å². The number of nitrogens with zero attached hydrogens (tertiary/aromatic N) is 3. The Morgan fingerprint density at radius 3 is 2.45 bits per heavy atom. The summed E-state index contributed by atoms with van der Waals surface area (Å²) in [6.07, 6.45) is -5.79. The third-order valence-corrected chi connectivity index (χ3v) is 2.80. The van der Waals surface area contributed by atoms with E-state index in [0.717, 1.165) is 6.07 Å². The summed E-state index contributed by atoms with van der Waals surface area (Å²) < 4.78 is 65.3. The summed E-state index contributed by atoms with van der Waals surface area (Å²) in [6.45, 7) is 3.15. The molecule has 0 fully saturated rings. The predicted octanol–water partition coefficient (Wildman–Crippen LogP) is 2.44. The van der Waals surface area contributed by atoms with Gasteiger partial charge in [0.15, 0.2) is 11.3 Å². The second kappa shape index (κ2) is 5.18. The number of halogens is 5. The predicted molar refractivity (Wildman–Crippen MR) is 65.7 cm³/mol. The van der Waals surface area contributed by atoms with E-state index in [9.17, 15) is 26.7 Å². The lowest BCUT2D eigenvalue weighted by Crippen LogP contribution is -2.36. The molecule has 0 saturated heterocycles. The summed E-state index contributed by atoms with van der Waals surface area (Å²) in [5.41, 5.74) is -1.99. The van der Waals surface area contributed by atoms with Crippen LogP contribution in [0.25, 0.3) is 5.65 Å². The molecule has 0 atom stereocenters. The van der Waals surface area contributed by atoms with Gasteiger partial charge < -0.3 is 5.32 Å². The molecule has 0 spiro atoms. The molecule has 1 N–H and O–H groups in total. The van der Waals surface area contributed by atoms with Gasteiger partial charge in [0.2, 0.25) is 0 Å². The summed E-state index contributed by atoms with van der Waals surface area (Å²) in [5.74, 6) is -5.81. The zero-order valence-electron chi connectivity index (χ0n) is 11.5. The van der Waals surface area contributed by atoms with Crippen LogP contribution < -0.4 is 5.32 Å². The van der Waals surface area contributed by atoms with Gasteiger partial charge in [-0.1, -0.05) is 0 Å². The number of rotatable bonds is 3. The number of amides is 1. The normalized spacial score (nSPS) is 12.7. The highest BCUT2D eigenvalue weighted by Gasteiger charge is 2.60. The van der Waals surface area contributed by atoms with E-state index in [1.54, 1.807) is 6.92 Å². The number of aromatic nitrogens is 3. The molecule has 120 valence electrons. The molecule has 0 saturated carbocycles. The molecule has 0 unspecified atom stereocenters.